The number of nitrogens with two attached hydrogens (primary N) is 1. The summed E-state index contributed by atoms with van der Waals surface area (Å²) < 4.78 is 27.0. The highest BCUT2D eigenvalue weighted by Crippen LogP contribution is 2.22. The number of aryl methyl sites for hydroxylation is 1. The predicted octanol–water partition coefficient (Wildman–Crippen LogP) is 3.76. The minimum atomic E-state index is -0.709. The number of anilines is 2. The molecule has 20 heavy (non-hydrogen) atoms. The average Bonchev–Trinajstić information content (AvgIpc) is 2.39. The van der Waals surface area contributed by atoms with Crippen LogP contribution in [0.15, 0.2) is 30.3 Å². The first-order valence-electron chi connectivity index (χ1n) is 5.70. The molecule has 2 rings (SSSR count). The Hall–Kier alpha value is -2.14. The first kappa shape index (κ1) is 14.3. The standard InChI is InChI=1S/C14H11ClF2N2O/c1-7-4-11(17)13(6-10(7)16)19-14(20)8-2-3-9(15)12(18)5-8/h2-6H,18H2,1H3,(H,19,20). The lowest BCUT2D eigenvalue weighted by molar-refractivity contribution is 0.102. The molecule has 2 aromatic carbocycles. The van der Waals surface area contributed by atoms with Crippen molar-refractivity contribution in [2.24, 2.45) is 0 Å². The zero-order valence-corrected chi connectivity index (χ0v) is 11.3. The van der Waals surface area contributed by atoms with E-state index in [-0.39, 0.29) is 22.5 Å². The van der Waals surface area contributed by atoms with Gasteiger partial charge in [-0.1, -0.05) is 11.6 Å². The summed E-state index contributed by atoms with van der Waals surface area (Å²) >= 11 is 5.74. The third-order valence-electron chi connectivity index (χ3n) is 2.75. The average molecular weight is 297 g/mol. The molecular formula is C14H11ClF2N2O. The topological polar surface area (TPSA) is 55.1 Å². The van der Waals surface area contributed by atoms with E-state index in [2.05, 4.69) is 5.32 Å². The van der Waals surface area contributed by atoms with Crippen LogP contribution in [0, 0.1) is 18.6 Å². The maximum absolute atomic E-state index is 13.6. The molecule has 0 aliphatic heterocycles. The van der Waals surface area contributed by atoms with E-state index >= 15 is 0 Å². The van der Waals surface area contributed by atoms with Crippen molar-refractivity contribution in [3.63, 3.8) is 0 Å². The van der Waals surface area contributed by atoms with Crippen LogP contribution in [0.3, 0.4) is 0 Å². The molecule has 0 aliphatic carbocycles. The monoisotopic (exact) mass is 296 g/mol. The van der Waals surface area contributed by atoms with Gasteiger partial charge >= 0.3 is 0 Å². The lowest BCUT2D eigenvalue weighted by atomic mass is 10.1. The summed E-state index contributed by atoms with van der Waals surface area (Å²) in [6.07, 6.45) is 0. The van der Waals surface area contributed by atoms with Crippen molar-refractivity contribution in [3.05, 3.63) is 58.1 Å². The molecule has 104 valence electrons. The van der Waals surface area contributed by atoms with Gasteiger partial charge in [-0.3, -0.25) is 4.79 Å². The number of amides is 1. The number of carbonyl (C=O) groups excluding carboxylic acids is 1. The van der Waals surface area contributed by atoms with Crippen LogP contribution in [0.5, 0.6) is 0 Å². The van der Waals surface area contributed by atoms with Crippen molar-refractivity contribution < 1.29 is 13.6 Å². The summed E-state index contributed by atoms with van der Waals surface area (Å²) in [4.78, 5) is 11.9. The number of benzene rings is 2. The van der Waals surface area contributed by atoms with Gasteiger partial charge in [-0.25, -0.2) is 8.78 Å². The summed E-state index contributed by atoms with van der Waals surface area (Å²) in [7, 11) is 0. The maximum Gasteiger partial charge on any atom is 0.255 e. The molecule has 0 bridgehead atoms. The fraction of sp³-hybridized carbons (Fsp3) is 0.0714. The molecule has 6 heteroatoms. The van der Waals surface area contributed by atoms with Crippen LogP contribution < -0.4 is 11.1 Å². The van der Waals surface area contributed by atoms with E-state index in [9.17, 15) is 13.6 Å². The number of rotatable bonds is 2. The number of halogens is 3. The number of hydrogen-bond acceptors (Lipinski definition) is 2. The molecule has 0 atom stereocenters. The van der Waals surface area contributed by atoms with Crippen molar-refractivity contribution in [1.29, 1.82) is 0 Å². The summed E-state index contributed by atoms with van der Waals surface area (Å²) in [5.41, 5.74) is 5.95. The molecule has 0 saturated carbocycles. The Kier molecular flexibility index (Phi) is 3.90. The Bertz CT molecular complexity index is 689. The second-order valence-corrected chi connectivity index (χ2v) is 4.68. The quantitative estimate of drug-likeness (QED) is 0.829. The zero-order chi connectivity index (χ0) is 14.9. The van der Waals surface area contributed by atoms with Crippen molar-refractivity contribution in [2.45, 2.75) is 6.92 Å². The molecule has 2 aromatic rings. The first-order chi connectivity index (χ1) is 9.38. The molecule has 0 radical (unpaired) electrons. The third kappa shape index (κ3) is 2.88. The molecular weight excluding hydrogens is 286 g/mol. The van der Waals surface area contributed by atoms with Gasteiger partial charge in [0, 0.05) is 11.6 Å². The largest absolute Gasteiger partial charge is 0.398 e. The van der Waals surface area contributed by atoms with E-state index in [0.717, 1.165) is 12.1 Å². The maximum atomic E-state index is 13.6. The van der Waals surface area contributed by atoms with Crippen molar-refractivity contribution in [1.82, 2.24) is 0 Å². The Morgan fingerprint density at radius 1 is 1.20 bits per heavy atom. The Morgan fingerprint density at radius 2 is 1.90 bits per heavy atom. The Labute approximate surface area is 119 Å². The summed E-state index contributed by atoms with van der Waals surface area (Å²) in [6, 6.07) is 6.21. The molecule has 1 amide bonds. The van der Waals surface area contributed by atoms with Gasteiger partial charge in [0.25, 0.3) is 5.91 Å². The zero-order valence-electron chi connectivity index (χ0n) is 10.5. The second kappa shape index (κ2) is 5.46. The minimum absolute atomic E-state index is 0.163. The van der Waals surface area contributed by atoms with Gasteiger partial charge in [0.2, 0.25) is 0 Å². The first-order valence-corrected chi connectivity index (χ1v) is 6.08. The lowest BCUT2D eigenvalue weighted by Gasteiger charge is -2.09. The Morgan fingerprint density at radius 3 is 2.55 bits per heavy atom. The van der Waals surface area contributed by atoms with Gasteiger partial charge in [-0.05, 0) is 36.8 Å². The van der Waals surface area contributed by atoms with Gasteiger partial charge in [-0.2, -0.15) is 0 Å². The van der Waals surface area contributed by atoms with Gasteiger partial charge in [0.15, 0.2) is 0 Å². The van der Waals surface area contributed by atoms with Crippen LogP contribution in [-0.4, -0.2) is 5.91 Å². The number of hydrogen-bond donors (Lipinski definition) is 2. The summed E-state index contributed by atoms with van der Waals surface area (Å²) in [5.74, 6) is -1.91. The molecule has 0 unspecified atom stereocenters. The lowest BCUT2D eigenvalue weighted by Crippen LogP contribution is -2.13. The normalized spacial score (nSPS) is 10.4. The molecule has 0 fully saturated rings. The van der Waals surface area contributed by atoms with Gasteiger partial charge in [0.1, 0.15) is 11.6 Å². The van der Waals surface area contributed by atoms with E-state index in [1.165, 1.54) is 25.1 Å². The minimum Gasteiger partial charge on any atom is -0.398 e. The van der Waals surface area contributed by atoms with E-state index < -0.39 is 17.5 Å². The van der Waals surface area contributed by atoms with Crippen molar-refractivity contribution in [3.8, 4) is 0 Å². The molecule has 0 saturated heterocycles. The van der Waals surface area contributed by atoms with Gasteiger partial charge in [0.05, 0.1) is 16.4 Å². The highest BCUT2D eigenvalue weighted by atomic mass is 35.5. The smallest absolute Gasteiger partial charge is 0.255 e. The number of nitrogens with one attached hydrogen (secondary N) is 1. The van der Waals surface area contributed by atoms with E-state index in [1.807, 2.05) is 0 Å². The fourth-order valence-electron chi connectivity index (χ4n) is 1.62. The second-order valence-electron chi connectivity index (χ2n) is 4.27. The van der Waals surface area contributed by atoms with Crippen LogP contribution in [-0.2, 0) is 0 Å². The molecule has 3 nitrogen and oxygen atoms in total. The van der Waals surface area contributed by atoms with E-state index in [1.54, 1.807) is 0 Å². The van der Waals surface area contributed by atoms with Crippen molar-refractivity contribution >= 4 is 28.9 Å². The summed E-state index contributed by atoms with van der Waals surface area (Å²) in [5, 5.41) is 2.60. The van der Waals surface area contributed by atoms with E-state index in [4.69, 9.17) is 17.3 Å². The molecule has 3 N–H and O–H groups in total. The molecule has 0 aromatic heterocycles. The van der Waals surface area contributed by atoms with Crippen molar-refractivity contribution in [2.75, 3.05) is 11.1 Å². The van der Waals surface area contributed by atoms with E-state index in [0.29, 0.717) is 5.02 Å². The predicted molar refractivity (Wildman–Crippen MR) is 74.9 cm³/mol. The van der Waals surface area contributed by atoms with Crippen LogP contribution in [0.4, 0.5) is 20.2 Å². The highest BCUT2D eigenvalue weighted by Gasteiger charge is 2.12. The molecule has 0 heterocycles. The van der Waals surface area contributed by atoms with Crippen LogP contribution in [0.1, 0.15) is 15.9 Å². The summed E-state index contributed by atoms with van der Waals surface area (Å²) in [6.45, 7) is 1.43. The highest BCUT2D eigenvalue weighted by molar-refractivity contribution is 6.33. The van der Waals surface area contributed by atoms with Crippen LogP contribution in [0.2, 0.25) is 5.02 Å². The number of nitrogen functional groups attached to an aromatic ring is 1. The molecule has 0 aliphatic rings. The third-order valence-corrected chi connectivity index (χ3v) is 3.10. The Balaban J connectivity index is 2.27. The van der Waals surface area contributed by atoms with Crippen LogP contribution >= 0.6 is 11.6 Å². The molecule has 0 spiro atoms. The van der Waals surface area contributed by atoms with Gasteiger partial charge < -0.3 is 11.1 Å². The van der Waals surface area contributed by atoms with Gasteiger partial charge in [-0.15, -0.1) is 0 Å². The fourth-order valence-corrected chi connectivity index (χ4v) is 1.74. The van der Waals surface area contributed by atoms with Crippen LogP contribution in [0.25, 0.3) is 0 Å². The SMILES string of the molecule is Cc1cc(F)c(NC(=O)c2ccc(Cl)c(N)c2)cc1F. The number of carbonyl (C=O) groups is 1.